The van der Waals surface area contributed by atoms with Crippen molar-refractivity contribution in [1.82, 2.24) is 0 Å². The Kier molecular flexibility index (Phi) is 4.06. The van der Waals surface area contributed by atoms with Gasteiger partial charge in [0.15, 0.2) is 0 Å². The van der Waals surface area contributed by atoms with E-state index in [1.165, 1.54) is 0 Å². The molecule has 0 aromatic heterocycles. The molecule has 1 fully saturated rings. The predicted octanol–water partition coefficient (Wildman–Crippen LogP) is 3.95. The summed E-state index contributed by atoms with van der Waals surface area (Å²) in [6.45, 7) is 6.06. The summed E-state index contributed by atoms with van der Waals surface area (Å²) in [5, 5.41) is 9.45. The van der Waals surface area contributed by atoms with Crippen molar-refractivity contribution in [2.75, 3.05) is 11.4 Å². The molecule has 0 saturated heterocycles. The molecule has 1 spiro atoms. The first-order valence-corrected chi connectivity index (χ1v) is 8.55. The number of ether oxygens (including phenoxy) is 1. The molecule has 1 heterocycles. The minimum Gasteiger partial charge on any atom is -0.481 e. The second-order valence-corrected chi connectivity index (χ2v) is 8.00. The number of nitrogens with zero attached hydrogens (tertiary/aromatic N) is 1. The fraction of sp³-hybridized carbons (Fsp3) is 0.579. The normalized spacial score (nSPS) is 26.3. The van der Waals surface area contributed by atoms with Gasteiger partial charge in [0.2, 0.25) is 0 Å². The van der Waals surface area contributed by atoms with E-state index in [-0.39, 0.29) is 17.4 Å². The first-order valence-electron chi connectivity index (χ1n) is 8.55. The van der Waals surface area contributed by atoms with E-state index < -0.39 is 11.6 Å². The third kappa shape index (κ3) is 2.99. The van der Waals surface area contributed by atoms with Crippen molar-refractivity contribution in [3.05, 3.63) is 29.8 Å². The fourth-order valence-electron chi connectivity index (χ4n) is 4.07. The molecule has 1 N–H and O–H groups in total. The summed E-state index contributed by atoms with van der Waals surface area (Å²) in [4.78, 5) is 25.8. The summed E-state index contributed by atoms with van der Waals surface area (Å²) >= 11 is 0. The lowest BCUT2D eigenvalue weighted by atomic mass is 9.67. The van der Waals surface area contributed by atoms with Crippen molar-refractivity contribution in [3.63, 3.8) is 0 Å². The van der Waals surface area contributed by atoms with Gasteiger partial charge in [0, 0.05) is 12.0 Å². The molecule has 24 heavy (non-hydrogen) atoms. The number of carboxylic acids is 1. The number of anilines is 1. The maximum atomic E-state index is 12.7. The second kappa shape index (κ2) is 5.80. The predicted molar refractivity (Wildman–Crippen MR) is 91.3 cm³/mol. The van der Waals surface area contributed by atoms with Crippen LogP contribution < -0.4 is 4.90 Å². The number of aliphatic carboxylic acids is 1. The molecule has 2 unspecified atom stereocenters. The molecule has 1 amide bonds. The lowest BCUT2D eigenvalue weighted by Crippen LogP contribution is -2.43. The molecule has 5 nitrogen and oxygen atoms in total. The highest BCUT2D eigenvalue weighted by Crippen LogP contribution is 2.50. The van der Waals surface area contributed by atoms with Gasteiger partial charge in [0.25, 0.3) is 0 Å². The van der Waals surface area contributed by atoms with E-state index in [9.17, 15) is 14.7 Å². The standard InChI is InChI=1S/C19H25NO4/c1-18(2,3)24-17(23)20-12-19(14-8-4-5-9-15(14)20)10-6-7-13(11-19)16(21)22/h4-5,8-9,13H,6-7,10-12H2,1-3H3,(H,21,22). The number of fused-ring (bicyclic) bond motifs is 2. The van der Waals surface area contributed by atoms with Crippen LogP contribution in [0.15, 0.2) is 24.3 Å². The molecule has 130 valence electrons. The van der Waals surface area contributed by atoms with Crippen LogP contribution in [0.3, 0.4) is 0 Å². The molecule has 1 aliphatic carbocycles. The zero-order valence-corrected chi connectivity index (χ0v) is 14.5. The van der Waals surface area contributed by atoms with Gasteiger partial charge in [0.05, 0.1) is 11.6 Å². The lowest BCUT2D eigenvalue weighted by Gasteiger charge is -2.37. The zero-order chi connectivity index (χ0) is 17.5. The van der Waals surface area contributed by atoms with Crippen molar-refractivity contribution in [2.24, 2.45) is 5.92 Å². The third-order valence-electron chi connectivity index (χ3n) is 5.04. The second-order valence-electron chi connectivity index (χ2n) is 8.00. The van der Waals surface area contributed by atoms with Gasteiger partial charge in [-0.05, 0) is 51.7 Å². The summed E-state index contributed by atoms with van der Waals surface area (Å²) in [6, 6.07) is 7.83. The van der Waals surface area contributed by atoms with Crippen LogP contribution in [-0.4, -0.2) is 29.3 Å². The van der Waals surface area contributed by atoms with E-state index in [0.717, 1.165) is 24.1 Å². The Morgan fingerprint density at radius 1 is 1.29 bits per heavy atom. The van der Waals surface area contributed by atoms with Crippen molar-refractivity contribution in [1.29, 1.82) is 0 Å². The number of carboxylic acid groups (broad SMARTS) is 1. The molecular weight excluding hydrogens is 306 g/mol. The van der Waals surface area contributed by atoms with E-state index in [2.05, 4.69) is 0 Å². The Balaban J connectivity index is 1.94. The largest absolute Gasteiger partial charge is 0.481 e. The van der Waals surface area contributed by atoms with Gasteiger partial charge in [-0.1, -0.05) is 24.6 Å². The number of carbonyl (C=O) groups is 2. The number of hydrogen-bond donors (Lipinski definition) is 1. The minimum absolute atomic E-state index is 0.269. The van der Waals surface area contributed by atoms with E-state index in [1.54, 1.807) is 4.90 Å². The van der Waals surface area contributed by atoms with Gasteiger partial charge in [0.1, 0.15) is 5.60 Å². The maximum Gasteiger partial charge on any atom is 0.414 e. The monoisotopic (exact) mass is 331 g/mol. The Labute approximate surface area is 142 Å². The van der Waals surface area contributed by atoms with Crippen molar-refractivity contribution < 1.29 is 19.4 Å². The van der Waals surface area contributed by atoms with Crippen LogP contribution >= 0.6 is 0 Å². The van der Waals surface area contributed by atoms with Crippen molar-refractivity contribution >= 4 is 17.7 Å². The van der Waals surface area contributed by atoms with Crippen LogP contribution in [0.25, 0.3) is 0 Å². The van der Waals surface area contributed by atoms with E-state index in [1.807, 2.05) is 45.0 Å². The van der Waals surface area contributed by atoms with Gasteiger partial charge in [-0.3, -0.25) is 9.69 Å². The van der Waals surface area contributed by atoms with E-state index in [4.69, 9.17) is 4.74 Å². The Bertz CT molecular complexity index is 664. The number of hydrogen-bond acceptors (Lipinski definition) is 3. The van der Waals surface area contributed by atoms with Crippen molar-refractivity contribution in [2.45, 2.75) is 57.5 Å². The molecule has 1 saturated carbocycles. The average Bonchev–Trinajstić information content (AvgIpc) is 2.81. The zero-order valence-electron chi connectivity index (χ0n) is 14.5. The third-order valence-corrected chi connectivity index (χ3v) is 5.04. The van der Waals surface area contributed by atoms with Gasteiger partial charge >= 0.3 is 12.1 Å². The highest BCUT2D eigenvalue weighted by atomic mass is 16.6. The number of rotatable bonds is 1. The molecular formula is C19H25NO4. The first-order chi connectivity index (χ1) is 11.2. The van der Waals surface area contributed by atoms with Gasteiger partial charge in [-0.15, -0.1) is 0 Å². The van der Waals surface area contributed by atoms with Crippen LogP contribution in [0.5, 0.6) is 0 Å². The quantitative estimate of drug-likeness (QED) is 0.846. The molecule has 2 atom stereocenters. The molecule has 1 aliphatic heterocycles. The van der Waals surface area contributed by atoms with Gasteiger partial charge in [-0.2, -0.15) is 0 Å². The number of amides is 1. The summed E-state index contributed by atoms with van der Waals surface area (Å²) in [7, 11) is 0. The molecule has 2 aliphatic rings. The highest BCUT2D eigenvalue weighted by molar-refractivity contribution is 5.92. The summed E-state index contributed by atoms with van der Waals surface area (Å²) in [6.07, 6.45) is 2.72. The Morgan fingerprint density at radius 3 is 2.67 bits per heavy atom. The summed E-state index contributed by atoms with van der Waals surface area (Å²) in [5.41, 5.74) is 1.12. The molecule has 5 heteroatoms. The van der Waals surface area contributed by atoms with Crippen LogP contribution in [0.4, 0.5) is 10.5 Å². The smallest absolute Gasteiger partial charge is 0.414 e. The topological polar surface area (TPSA) is 66.8 Å². The Morgan fingerprint density at radius 2 is 2.00 bits per heavy atom. The van der Waals surface area contributed by atoms with Crippen LogP contribution in [0.2, 0.25) is 0 Å². The molecule has 1 aromatic carbocycles. The van der Waals surface area contributed by atoms with Crippen LogP contribution in [-0.2, 0) is 14.9 Å². The average molecular weight is 331 g/mol. The molecule has 1 aromatic rings. The van der Waals surface area contributed by atoms with Crippen LogP contribution in [0.1, 0.15) is 52.0 Å². The van der Waals surface area contributed by atoms with E-state index in [0.29, 0.717) is 19.4 Å². The SMILES string of the molecule is CC(C)(C)OC(=O)N1CC2(CCCC(C(=O)O)C2)c2ccccc21. The molecule has 0 radical (unpaired) electrons. The summed E-state index contributed by atoms with van der Waals surface area (Å²) < 4.78 is 5.56. The van der Waals surface area contributed by atoms with Crippen molar-refractivity contribution in [3.8, 4) is 0 Å². The van der Waals surface area contributed by atoms with Gasteiger partial charge in [-0.25, -0.2) is 4.79 Å². The lowest BCUT2D eigenvalue weighted by molar-refractivity contribution is -0.143. The Hall–Kier alpha value is -2.04. The fourth-order valence-corrected chi connectivity index (χ4v) is 4.07. The van der Waals surface area contributed by atoms with Crippen LogP contribution in [0, 0.1) is 5.92 Å². The number of benzene rings is 1. The molecule has 3 rings (SSSR count). The number of para-hydroxylation sites is 1. The van der Waals surface area contributed by atoms with E-state index >= 15 is 0 Å². The highest BCUT2D eigenvalue weighted by Gasteiger charge is 2.49. The minimum atomic E-state index is -0.734. The summed E-state index contributed by atoms with van der Waals surface area (Å²) in [5.74, 6) is -1.08. The van der Waals surface area contributed by atoms with Gasteiger partial charge < -0.3 is 9.84 Å². The maximum absolute atomic E-state index is 12.7. The number of carbonyl (C=O) groups excluding carboxylic acids is 1. The first kappa shape index (κ1) is 16.8. The molecule has 0 bridgehead atoms.